The highest BCUT2D eigenvalue weighted by Crippen LogP contribution is 2.24. The minimum absolute atomic E-state index is 0.104. The van der Waals surface area contributed by atoms with Crippen molar-refractivity contribution < 1.29 is 5.11 Å². The van der Waals surface area contributed by atoms with Gasteiger partial charge in [-0.1, -0.05) is 25.6 Å². The Morgan fingerprint density at radius 2 is 2.21 bits per heavy atom. The molecular formula is C13H25N3OS2. The molecule has 1 atom stereocenters. The minimum Gasteiger partial charge on any atom is -0.394 e. The van der Waals surface area contributed by atoms with Crippen LogP contribution in [-0.4, -0.2) is 38.9 Å². The molecular weight excluding hydrogens is 278 g/mol. The van der Waals surface area contributed by atoms with Crippen molar-refractivity contribution in [1.29, 1.82) is 0 Å². The first-order chi connectivity index (χ1) is 9.15. The lowest BCUT2D eigenvalue weighted by Gasteiger charge is -2.32. The Morgan fingerprint density at radius 1 is 1.42 bits per heavy atom. The standard InChI is InChI=1S/C13H25N3OS2/c1-4-8-14-13(5-2,10-17)7-6-9-18-12-15-11(3)16-19-12/h14,17H,4-10H2,1-3H3. The number of hydrogen-bond donors (Lipinski definition) is 2. The van der Waals surface area contributed by atoms with Crippen molar-refractivity contribution >= 4 is 23.3 Å². The second-order valence-electron chi connectivity index (χ2n) is 4.78. The molecule has 1 unspecified atom stereocenters. The van der Waals surface area contributed by atoms with Crippen LogP contribution < -0.4 is 5.32 Å². The van der Waals surface area contributed by atoms with E-state index in [-0.39, 0.29) is 12.1 Å². The lowest BCUT2D eigenvalue weighted by atomic mass is 9.91. The lowest BCUT2D eigenvalue weighted by molar-refractivity contribution is 0.146. The van der Waals surface area contributed by atoms with Gasteiger partial charge in [0.05, 0.1) is 6.61 Å². The predicted octanol–water partition coefficient (Wildman–Crippen LogP) is 2.86. The zero-order valence-corrected chi connectivity index (χ0v) is 13.7. The van der Waals surface area contributed by atoms with E-state index in [1.54, 1.807) is 11.8 Å². The first-order valence-corrected chi connectivity index (χ1v) is 8.70. The van der Waals surface area contributed by atoms with Crippen LogP contribution in [0.2, 0.25) is 0 Å². The molecule has 0 aliphatic carbocycles. The quantitative estimate of drug-likeness (QED) is 0.514. The molecule has 1 aromatic rings. The summed E-state index contributed by atoms with van der Waals surface area (Å²) >= 11 is 3.23. The van der Waals surface area contributed by atoms with E-state index in [0.717, 1.165) is 48.1 Å². The SMILES string of the molecule is CCCNC(CC)(CO)CCCSc1nc(C)ns1. The fourth-order valence-electron chi connectivity index (χ4n) is 1.93. The first-order valence-electron chi connectivity index (χ1n) is 6.94. The molecule has 1 aromatic heterocycles. The molecule has 19 heavy (non-hydrogen) atoms. The summed E-state index contributed by atoms with van der Waals surface area (Å²) in [6.07, 6.45) is 4.14. The van der Waals surface area contributed by atoms with Crippen LogP contribution in [0.15, 0.2) is 4.34 Å². The average Bonchev–Trinajstić information content (AvgIpc) is 2.84. The number of aryl methyl sites for hydroxylation is 1. The Hall–Kier alpha value is -0.170. The first kappa shape index (κ1) is 16.9. The topological polar surface area (TPSA) is 58.0 Å². The van der Waals surface area contributed by atoms with Crippen molar-refractivity contribution in [2.75, 3.05) is 18.9 Å². The molecule has 0 spiro atoms. The van der Waals surface area contributed by atoms with Gasteiger partial charge in [-0.25, -0.2) is 4.98 Å². The van der Waals surface area contributed by atoms with Crippen molar-refractivity contribution in [2.24, 2.45) is 0 Å². The van der Waals surface area contributed by atoms with Crippen molar-refractivity contribution in [3.63, 3.8) is 0 Å². The maximum atomic E-state index is 9.63. The molecule has 0 saturated carbocycles. The van der Waals surface area contributed by atoms with E-state index in [0.29, 0.717) is 0 Å². The van der Waals surface area contributed by atoms with Crippen molar-refractivity contribution in [3.05, 3.63) is 5.82 Å². The van der Waals surface area contributed by atoms with Crippen molar-refractivity contribution in [3.8, 4) is 0 Å². The van der Waals surface area contributed by atoms with Gasteiger partial charge in [0, 0.05) is 11.3 Å². The summed E-state index contributed by atoms with van der Waals surface area (Å²) in [5, 5.41) is 13.1. The molecule has 110 valence electrons. The normalized spacial score (nSPS) is 14.5. The van der Waals surface area contributed by atoms with Gasteiger partial charge in [0.1, 0.15) is 5.82 Å². The molecule has 0 amide bonds. The van der Waals surface area contributed by atoms with Gasteiger partial charge in [0.15, 0.2) is 4.34 Å². The van der Waals surface area contributed by atoms with Crippen LogP contribution in [0.5, 0.6) is 0 Å². The van der Waals surface area contributed by atoms with Gasteiger partial charge in [-0.2, -0.15) is 4.37 Å². The van der Waals surface area contributed by atoms with Gasteiger partial charge in [-0.15, -0.1) is 0 Å². The average molecular weight is 303 g/mol. The van der Waals surface area contributed by atoms with Crippen LogP contribution in [0.3, 0.4) is 0 Å². The fourth-order valence-corrected chi connectivity index (χ4v) is 3.59. The number of nitrogens with zero attached hydrogens (tertiary/aromatic N) is 2. The van der Waals surface area contributed by atoms with E-state index >= 15 is 0 Å². The third-order valence-electron chi connectivity index (χ3n) is 3.26. The smallest absolute Gasteiger partial charge is 0.170 e. The summed E-state index contributed by atoms with van der Waals surface area (Å²) in [6.45, 7) is 7.39. The highest BCUT2D eigenvalue weighted by Gasteiger charge is 2.25. The number of aliphatic hydroxyl groups excluding tert-OH is 1. The maximum absolute atomic E-state index is 9.63. The third kappa shape index (κ3) is 5.77. The third-order valence-corrected chi connectivity index (χ3v) is 5.27. The number of rotatable bonds is 10. The molecule has 0 bridgehead atoms. The van der Waals surface area contributed by atoms with E-state index in [9.17, 15) is 5.11 Å². The van der Waals surface area contributed by atoms with Gasteiger partial charge < -0.3 is 10.4 Å². The van der Waals surface area contributed by atoms with E-state index in [1.807, 2.05) is 6.92 Å². The van der Waals surface area contributed by atoms with Crippen LogP contribution in [0.25, 0.3) is 0 Å². The highest BCUT2D eigenvalue weighted by atomic mass is 32.2. The van der Waals surface area contributed by atoms with Crippen LogP contribution in [0.4, 0.5) is 0 Å². The zero-order valence-electron chi connectivity index (χ0n) is 12.1. The molecule has 2 N–H and O–H groups in total. The summed E-state index contributed by atoms with van der Waals surface area (Å²) in [6, 6.07) is 0. The van der Waals surface area contributed by atoms with E-state index in [1.165, 1.54) is 11.5 Å². The van der Waals surface area contributed by atoms with Crippen LogP contribution in [-0.2, 0) is 0 Å². The zero-order chi connectivity index (χ0) is 14.1. The molecule has 0 fully saturated rings. The summed E-state index contributed by atoms with van der Waals surface area (Å²) in [4.78, 5) is 4.34. The Bertz CT molecular complexity index is 353. The molecule has 6 heteroatoms. The number of thioether (sulfide) groups is 1. The van der Waals surface area contributed by atoms with Crippen molar-refractivity contribution in [2.45, 2.75) is 56.3 Å². The summed E-state index contributed by atoms with van der Waals surface area (Å²) < 4.78 is 5.22. The van der Waals surface area contributed by atoms with Crippen LogP contribution >= 0.6 is 23.3 Å². The van der Waals surface area contributed by atoms with Gasteiger partial charge in [0.2, 0.25) is 0 Å². The number of nitrogens with one attached hydrogen (secondary N) is 1. The Balaban J connectivity index is 2.31. The Kier molecular flexibility index (Phi) is 7.90. The molecule has 0 aliphatic rings. The van der Waals surface area contributed by atoms with Gasteiger partial charge >= 0.3 is 0 Å². The largest absolute Gasteiger partial charge is 0.394 e. The fraction of sp³-hybridized carbons (Fsp3) is 0.846. The summed E-state index contributed by atoms with van der Waals surface area (Å²) in [7, 11) is 0. The van der Waals surface area contributed by atoms with E-state index in [4.69, 9.17) is 0 Å². The molecule has 0 saturated heterocycles. The highest BCUT2D eigenvalue weighted by molar-refractivity contribution is 8.00. The summed E-state index contributed by atoms with van der Waals surface area (Å²) in [5.74, 6) is 1.89. The van der Waals surface area contributed by atoms with Gasteiger partial charge in [-0.05, 0) is 50.7 Å². The van der Waals surface area contributed by atoms with E-state index in [2.05, 4.69) is 28.5 Å². The number of hydrogen-bond acceptors (Lipinski definition) is 6. The molecule has 0 aliphatic heterocycles. The van der Waals surface area contributed by atoms with Gasteiger partial charge in [-0.3, -0.25) is 0 Å². The minimum atomic E-state index is -0.104. The van der Waals surface area contributed by atoms with Crippen LogP contribution in [0.1, 0.15) is 45.4 Å². The van der Waals surface area contributed by atoms with Crippen LogP contribution in [0, 0.1) is 6.92 Å². The predicted molar refractivity (Wildman–Crippen MR) is 83.0 cm³/mol. The second-order valence-corrected chi connectivity index (χ2v) is 6.87. The molecule has 1 rings (SSSR count). The number of aromatic nitrogens is 2. The molecule has 4 nitrogen and oxygen atoms in total. The second kappa shape index (κ2) is 8.89. The van der Waals surface area contributed by atoms with Crippen molar-refractivity contribution in [1.82, 2.24) is 14.7 Å². The Morgan fingerprint density at radius 3 is 2.74 bits per heavy atom. The van der Waals surface area contributed by atoms with E-state index < -0.39 is 0 Å². The number of aliphatic hydroxyl groups is 1. The molecule has 0 aromatic carbocycles. The maximum Gasteiger partial charge on any atom is 0.170 e. The summed E-state index contributed by atoms with van der Waals surface area (Å²) in [5.41, 5.74) is -0.104. The molecule has 0 radical (unpaired) electrons. The van der Waals surface area contributed by atoms with Gasteiger partial charge in [0.25, 0.3) is 0 Å². The Labute approximate surface area is 124 Å². The molecule has 1 heterocycles. The monoisotopic (exact) mass is 303 g/mol. The lowest BCUT2D eigenvalue weighted by Crippen LogP contribution is -2.48.